The molecule has 0 aliphatic heterocycles. The average molecular weight is 281 g/mol. The van der Waals surface area contributed by atoms with E-state index in [1.807, 2.05) is 0 Å². The second-order valence-electron chi connectivity index (χ2n) is 5.54. The zero-order chi connectivity index (χ0) is 13.7. The first-order valence-corrected chi connectivity index (χ1v) is 7.42. The predicted octanol–water partition coefficient (Wildman–Crippen LogP) is 3.68. The van der Waals surface area contributed by atoms with Crippen LogP contribution in [0.2, 0.25) is 5.15 Å². The van der Waals surface area contributed by atoms with Crippen LogP contribution in [0, 0.1) is 11.8 Å². The molecule has 0 atom stereocenters. The van der Waals surface area contributed by atoms with Crippen molar-refractivity contribution in [2.75, 3.05) is 6.54 Å². The molecule has 19 heavy (non-hydrogen) atoms. The van der Waals surface area contributed by atoms with Crippen molar-refractivity contribution in [3.8, 4) is 0 Å². The molecule has 3 nitrogen and oxygen atoms in total. The summed E-state index contributed by atoms with van der Waals surface area (Å²) in [6.07, 6.45) is 7.91. The summed E-state index contributed by atoms with van der Waals surface area (Å²) in [5, 5.41) is 3.31. The van der Waals surface area contributed by atoms with Crippen LogP contribution in [0.3, 0.4) is 0 Å². The first kappa shape index (κ1) is 14.3. The van der Waals surface area contributed by atoms with E-state index in [-0.39, 0.29) is 5.91 Å². The molecule has 1 saturated carbocycles. The quantitative estimate of drug-likeness (QED) is 0.855. The van der Waals surface area contributed by atoms with Gasteiger partial charge in [-0.1, -0.05) is 44.2 Å². The molecule has 0 saturated heterocycles. The third-order valence-electron chi connectivity index (χ3n) is 3.96. The molecule has 0 aromatic carbocycles. The van der Waals surface area contributed by atoms with Crippen molar-refractivity contribution in [3.05, 3.63) is 29.0 Å². The van der Waals surface area contributed by atoms with E-state index in [4.69, 9.17) is 11.6 Å². The number of nitrogens with zero attached hydrogens (tertiary/aromatic N) is 1. The smallest absolute Gasteiger partial charge is 0.251 e. The number of pyridine rings is 1. The van der Waals surface area contributed by atoms with E-state index in [0.717, 1.165) is 24.8 Å². The Balaban J connectivity index is 1.72. The highest BCUT2D eigenvalue weighted by Crippen LogP contribution is 2.29. The zero-order valence-electron chi connectivity index (χ0n) is 11.4. The molecule has 1 fully saturated rings. The predicted molar refractivity (Wildman–Crippen MR) is 77.3 cm³/mol. The maximum Gasteiger partial charge on any atom is 0.251 e. The number of carbonyl (C=O) groups is 1. The fraction of sp³-hybridized carbons (Fsp3) is 0.600. The molecule has 1 aromatic rings. The minimum Gasteiger partial charge on any atom is -0.352 e. The van der Waals surface area contributed by atoms with Crippen molar-refractivity contribution in [1.82, 2.24) is 10.3 Å². The van der Waals surface area contributed by atoms with Gasteiger partial charge in [-0.3, -0.25) is 4.79 Å². The van der Waals surface area contributed by atoms with Gasteiger partial charge in [0.05, 0.1) is 0 Å². The normalized spacial score (nSPS) is 23.1. The largest absolute Gasteiger partial charge is 0.352 e. The van der Waals surface area contributed by atoms with Gasteiger partial charge in [-0.2, -0.15) is 0 Å². The van der Waals surface area contributed by atoms with Crippen LogP contribution in [0.15, 0.2) is 18.3 Å². The van der Waals surface area contributed by atoms with Gasteiger partial charge < -0.3 is 5.32 Å². The Labute approximate surface area is 119 Å². The van der Waals surface area contributed by atoms with Crippen LogP contribution in [0.1, 0.15) is 49.4 Å². The van der Waals surface area contributed by atoms with Crippen LogP contribution < -0.4 is 5.32 Å². The number of aromatic nitrogens is 1. The second-order valence-corrected chi connectivity index (χ2v) is 5.92. The fourth-order valence-electron chi connectivity index (χ4n) is 2.65. The summed E-state index contributed by atoms with van der Waals surface area (Å²) >= 11 is 5.77. The molecule has 1 amide bonds. The molecule has 0 spiro atoms. The number of halogens is 1. The Morgan fingerprint density at radius 3 is 2.84 bits per heavy atom. The van der Waals surface area contributed by atoms with Crippen LogP contribution in [-0.2, 0) is 0 Å². The summed E-state index contributed by atoms with van der Waals surface area (Å²) in [7, 11) is 0. The van der Waals surface area contributed by atoms with Gasteiger partial charge in [0.1, 0.15) is 5.15 Å². The van der Waals surface area contributed by atoms with Crippen LogP contribution in [0.25, 0.3) is 0 Å². The molecule has 0 unspecified atom stereocenters. The molecule has 0 bridgehead atoms. The first-order valence-electron chi connectivity index (χ1n) is 7.05. The Morgan fingerprint density at radius 1 is 1.42 bits per heavy atom. The number of hydrogen-bond donors (Lipinski definition) is 1. The summed E-state index contributed by atoms with van der Waals surface area (Å²) < 4.78 is 0. The maximum absolute atomic E-state index is 11.9. The molecule has 1 N–H and O–H groups in total. The lowest BCUT2D eigenvalue weighted by Crippen LogP contribution is -2.26. The van der Waals surface area contributed by atoms with Gasteiger partial charge in [-0.15, -0.1) is 0 Å². The number of carbonyl (C=O) groups excluding carboxylic acids is 1. The SMILES string of the molecule is CC1CCC(CCNC(=O)c2ccnc(Cl)c2)CC1. The fourth-order valence-corrected chi connectivity index (χ4v) is 2.83. The maximum atomic E-state index is 11.9. The van der Waals surface area contributed by atoms with Crippen molar-refractivity contribution in [2.24, 2.45) is 11.8 Å². The Hall–Kier alpha value is -1.09. The first-order chi connectivity index (χ1) is 9.15. The van der Waals surface area contributed by atoms with Crippen molar-refractivity contribution in [1.29, 1.82) is 0 Å². The third-order valence-corrected chi connectivity index (χ3v) is 4.17. The molecule has 1 aliphatic rings. The summed E-state index contributed by atoms with van der Waals surface area (Å²) in [6, 6.07) is 3.28. The molecular weight excluding hydrogens is 260 g/mol. The van der Waals surface area contributed by atoms with Gasteiger partial charge in [0.15, 0.2) is 0 Å². The van der Waals surface area contributed by atoms with Gasteiger partial charge >= 0.3 is 0 Å². The van der Waals surface area contributed by atoms with Crippen LogP contribution in [0.4, 0.5) is 0 Å². The number of hydrogen-bond acceptors (Lipinski definition) is 2. The van der Waals surface area contributed by atoms with Gasteiger partial charge in [0.25, 0.3) is 5.91 Å². The van der Waals surface area contributed by atoms with Crippen molar-refractivity contribution in [2.45, 2.75) is 39.0 Å². The van der Waals surface area contributed by atoms with Gasteiger partial charge in [-0.25, -0.2) is 4.98 Å². The number of amides is 1. The van der Waals surface area contributed by atoms with E-state index in [2.05, 4.69) is 17.2 Å². The van der Waals surface area contributed by atoms with Crippen LogP contribution in [0.5, 0.6) is 0 Å². The molecule has 104 valence electrons. The highest BCUT2D eigenvalue weighted by molar-refractivity contribution is 6.29. The van der Waals surface area contributed by atoms with Crippen LogP contribution >= 0.6 is 11.6 Å². The van der Waals surface area contributed by atoms with Crippen molar-refractivity contribution >= 4 is 17.5 Å². The molecular formula is C15H21ClN2O. The lowest BCUT2D eigenvalue weighted by molar-refractivity contribution is 0.0949. The van der Waals surface area contributed by atoms with E-state index < -0.39 is 0 Å². The highest BCUT2D eigenvalue weighted by atomic mass is 35.5. The molecule has 1 aromatic heterocycles. The summed E-state index contributed by atoms with van der Waals surface area (Å²) in [5.74, 6) is 1.59. The van der Waals surface area contributed by atoms with Crippen molar-refractivity contribution in [3.63, 3.8) is 0 Å². The topological polar surface area (TPSA) is 42.0 Å². The summed E-state index contributed by atoms with van der Waals surface area (Å²) in [6.45, 7) is 3.07. The lowest BCUT2D eigenvalue weighted by atomic mass is 9.81. The molecule has 2 rings (SSSR count). The highest BCUT2D eigenvalue weighted by Gasteiger charge is 2.18. The molecule has 1 aliphatic carbocycles. The van der Waals surface area contributed by atoms with E-state index >= 15 is 0 Å². The summed E-state index contributed by atoms with van der Waals surface area (Å²) in [4.78, 5) is 15.8. The minimum absolute atomic E-state index is 0.0616. The van der Waals surface area contributed by atoms with E-state index in [0.29, 0.717) is 10.7 Å². The lowest BCUT2D eigenvalue weighted by Gasteiger charge is -2.26. The monoisotopic (exact) mass is 280 g/mol. The van der Waals surface area contributed by atoms with Crippen molar-refractivity contribution < 1.29 is 4.79 Å². The molecule has 1 heterocycles. The van der Waals surface area contributed by atoms with Crippen LogP contribution in [-0.4, -0.2) is 17.4 Å². The molecule has 4 heteroatoms. The Kier molecular flexibility index (Phi) is 5.20. The number of nitrogens with one attached hydrogen (secondary N) is 1. The van der Waals surface area contributed by atoms with E-state index in [9.17, 15) is 4.79 Å². The Bertz CT molecular complexity index is 428. The van der Waals surface area contributed by atoms with E-state index in [1.54, 1.807) is 18.3 Å². The molecule has 0 radical (unpaired) electrons. The zero-order valence-corrected chi connectivity index (χ0v) is 12.1. The number of rotatable bonds is 4. The van der Waals surface area contributed by atoms with Gasteiger partial charge in [-0.05, 0) is 30.4 Å². The standard InChI is InChI=1S/C15H21ClN2O/c1-11-2-4-12(5-3-11)6-8-18-15(19)13-7-9-17-14(16)10-13/h7,9-12H,2-6,8H2,1H3,(H,18,19). The van der Waals surface area contributed by atoms with E-state index in [1.165, 1.54) is 25.7 Å². The van der Waals surface area contributed by atoms with Gasteiger partial charge in [0, 0.05) is 18.3 Å². The average Bonchev–Trinajstić information content (AvgIpc) is 2.41. The Morgan fingerprint density at radius 2 is 2.16 bits per heavy atom. The van der Waals surface area contributed by atoms with Gasteiger partial charge in [0.2, 0.25) is 0 Å². The third kappa shape index (κ3) is 4.50. The minimum atomic E-state index is -0.0616. The second kappa shape index (κ2) is 6.90. The summed E-state index contributed by atoms with van der Waals surface area (Å²) in [5.41, 5.74) is 0.581.